The van der Waals surface area contributed by atoms with Gasteiger partial charge < -0.3 is 0 Å². The van der Waals surface area contributed by atoms with Crippen molar-refractivity contribution in [2.24, 2.45) is 11.8 Å². The van der Waals surface area contributed by atoms with E-state index in [0.717, 1.165) is 0 Å². The molecule has 2 aromatic rings. The lowest BCUT2D eigenvalue weighted by Crippen LogP contribution is -2.33. The third-order valence-corrected chi connectivity index (χ3v) is 4.86. The highest BCUT2D eigenvalue weighted by atomic mass is 32.2. The number of fused-ring (bicyclic) bond motifs is 1. The van der Waals surface area contributed by atoms with Crippen LogP contribution < -0.4 is 11.3 Å². The van der Waals surface area contributed by atoms with Gasteiger partial charge in [0.05, 0.1) is 6.04 Å². The van der Waals surface area contributed by atoms with Crippen LogP contribution in [0.2, 0.25) is 0 Å². The lowest BCUT2D eigenvalue weighted by atomic mass is 9.90. The molecule has 94 valence electrons. The molecule has 4 heteroatoms. The monoisotopic (exact) mass is 259 g/mol. The minimum absolute atomic E-state index is 0.230. The second kappa shape index (κ2) is 5.26. The molecule has 0 saturated carbocycles. The van der Waals surface area contributed by atoms with Gasteiger partial charge in [-0.1, -0.05) is 18.2 Å². The third kappa shape index (κ3) is 2.11. The van der Waals surface area contributed by atoms with Crippen molar-refractivity contribution in [1.82, 2.24) is 10.4 Å². The number of rotatable bonds is 3. The Morgan fingerprint density at radius 3 is 3.11 bits per heavy atom. The van der Waals surface area contributed by atoms with E-state index < -0.39 is 0 Å². The molecule has 1 aliphatic heterocycles. The number of nitrogens with zero attached hydrogens (tertiary/aromatic N) is 1. The predicted octanol–water partition coefficient (Wildman–Crippen LogP) is 2.49. The van der Waals surface area contributed by atoms with E-state index in [1.165, 1.54) is 34.3 Å². The van der Waals surface area contributed by atoms with Crippen LogP contribution in [0.5, 0.6) is 0 Å². The number of pyridine rings is 1. The van der Waals surface area contributed by atoms with E-state index >= 15 is 0 Å². The van der Waals surface area contributed by atoms with Crippen molar-refractivity contribution in [2.45, 2.75) is 12.5 Å². The first-order valence-corrected chi connectivity index (χ1v) is 7.42. The van der Waals surface area contributed by atoms with Gasteiger partial charge in [0.25, 0.3) is 0 Å². The first-order chi connectivity index (χ1) is 8.90. The Labute approximate surface area is 111 Å². The van der Waals surface area contributed by atoms with Crippen molar-refractivity contribution in [3.63, 3.8) is 0 Å². The maximum absolute atomic E-state index is 5.80. The molecule has 2 heterocycles. The molecule has 1 aliphatic rings. The number of nitrogens with one attached hydrogen (secondary N) is 1. The van der Waals surface area contributed by atoms with Crippen LogP contribution in [0.3, 0.4) is 0 Å². The van der Waals surface area contributed by atoms with E-state index in [0.29, 0.717) is 5.92 Å². The second-order valence-corrected chi connectivity index (χ2v) is 5.86. The Balaban J connectivity index is 2.06. The summed E-state index contributed by atoms with van der Waals surface area (Å²) in [5.74, 6) is 8.84. The summed E-state index contributed by atoms with van der Waals surface area (Å²) in [4.78, 5) is 4.24. The lowest BCUT2D eigenvalue weighted by molar-refractivity contribution is 0.403. The fourth-order valence-corrected chi connectivity index (χ4v) is 4.00. The maximum Gasteiger partial charge on any atom is 0.0503 e. The first-order valence-electron chi connectivity index (χ1n) is 6.26. The van der Waals surface area contributed by atoms with Gasteiger partial charge in [-0.3, -0.25) is 16.3 Å². The Hall–Kier alpha value is -1.10. The molecule has 3 rings (SSSR count). The maximum atomic E-state index is 5.80. The number of hydrazine groups is 1. The van der Waals surface area contributed by atoms with Crippen LogP contribution in [-0.2, 0) is 0 Å². The highest BCUT2D eigenvalue weighted by Gasteiger charge is 2.26. The molecule has 18 heavy (non-hydrogen) atoms. The van der Waals surface area contributed by atoms with Gasteiger partial charge in [-0.25, -0.2) is 0 Å². The Bertz CT molecular complexity index is 532. The van der Waals surface area contributed by atoms with Crippen LogP contribution in [0.1, 0.15) is 18.0 Å². The quantitative estimate of drug-likeness (QED) is 0.657. The fourth-order valence-electron chi connectivity index (χ4n) is 2.70. The number of hydrogen-bond donors (Lipinski definition) is 2. The minimum atomic E-state index is 0.230. The smallest absolute Gasteiger partial charge is 0.0503 e. The van der Waals surface area contributed by atoms with Crippen molar-refractivity contribution >= 4 is 22.5 Å². The summed E-state index contributed by atoms with van der Waals surface area (Å²) in [6.07, 6.45) is 5.01. The average Bonchev–Trinajstić information content (AvgIpc) is 2.94. The molecule has 0 bridgehead atoms. The molecule has 2 atom stereocenters. The van der Waals surface area contributed by atoms with E-state index in [1.807, 2.05) is 24.2 Å². The molecule has 2 unspecified atom stereocenters. The second-order valence-electron chi connectivity index (χ2n) is 4.71. The van der Waals surface area contributed by atoms with Gasteiger partial charge in [-0.05, 0) is 40.9 Å². The Kier molecular flexibility index (Phi) is 3.50. The van der Waals surface area contributed by atoms with Crippen molar-refractivity contribution in [3.8, 4) is 0 Å². The summed E-state index contributed by atoms with van der Waals surface area (Å²) in [7, 11) is 0. The molecule has 3 nitrogen and oxygen atoms in total. The molecule has 0 radical (unpaired) electrons. The highest BCUT2D eigenvalue weighted by molar-refractivity contribution is 7.99. The van der Waals surface area contributed by atoms with Crippen LogP contribution in [0.4, 0.5) is 0 Å². The molecule has 1 saturated heterocycles. The third-order valence-electron chi connectivity index (χ3n) is 3.67. The number of hydrogen-bond acceptors (Lipinski definition) is 4. The van der Waals surface area contributed by atoms with Gasteiger partial charge >= 0.3 is 0 Å². The minimum Gasteiger partial charge on any atom is -0.271 e. The number of benzene rings is 1. The van der Waals surface area contributed by atoms with Gasteiger partial charge in [0.2, 0.25) is 0 Å². The zero-order chi connectivity index (χ0) is 12.4. The zero-order valence-corrected chi connectivity index (χ0v) is 11.0. The van der Waals surface area contributed by atoms with E-state index in [-0.39, 0.29) is 6.04 Å². The topological polar surface area (TPSA) is 50.9 Å². The Morgan fingerprint density at radius 2 is 2.33 bits per heavy atom. The van der Waals surface area contributed by atoms with Crippen LogP contribution in [0.25, 0.3) is 10.8 Å². The van der Waals surface area contributed by atoms with E-state index in [2.05, 4.69) is 34.7 Å². The van der Waals surface area contributed by atoms with Crippen molar-refractivity contribution in [1.29, 1.82) is 0 Å². The number of aromatic nitrogens is 1. The number of nitrogens with two attached hydrogens (primary N) is 1. The highest BCUT2D eigenvalue weighted by Crippen LogP contribution is 2.36. The molecule has 3 N–H and O–H groups in total. The zero-order valence-electron chi connectivity index (χ0n) is 10.2. The van der Waals surface area contributed by atoms with Gasteiger partial charge in [0.15, 0.2) is 0 Å². The van der Waals surface area contributed by atoms with Crippen molar-refractivity contribution in [3.05, 3.63) is 42.2 Å². The molecule has 1 aromatic carbocycles. The number of thioether (sulfide) groups is 1. The molecular weight excluding hydrogens is 242 g/mol. The summed E-state index contributed by atoms with van der Waals surface area (Å²) < 4.78 is 0. The van der Waals surface area contributed by atoms with Gasteiger partial charge in [0, 0.05) is 17.8 Å². The van der Waals surface area contributed by atoms with Gasteiger partial charge in [-0.2, -0.15) is 11.8 Å². The molecule has 0 amide bonds. The summed E-state index contributed by atoms with van der Waals surface area (Å²) in [5, 5.41) is 2.44. The molecule has 0 spiro atoms. The van der Waals surface area contributed by atoms with E-state index in [1.54, 1.807) is 0 Å². The summed E-state index contributed by atoms with van der Waals surface area (Å²) in [6.45, 7) is 0. The van der Waals surface area contributed by atoms with Gasteiger partial charge in [-0.15, -0.1) is 0 Å². The molecular formula is C14H17N3S. The molecule has 0 aliphatic carbocycles. The summed E-state index contributed by atoms with van der Waals surface area (Å²) in [6, 6.07) is 8.67. The lowest BCUT2D eigenvalue weighted by Gasteiger charge is -2.23. The van der Waals surface area contributed by atoms with Crippen LogP contribution in [0, 0.1) is 5.92 Å². The largest absolute Gasteiger partial charge is 0.271 e. The first kappa shape index (κ1) is 12.0. The standard InChI is InChI=1S/C14H17N3S/c15-17-14(11-5-7-18-9-11)12-3-1-2-10-4-6-16-8-13(10)12/h1-4,6,8,11,14,17H,5,7,9,15H2. The van der Waals surface area contributed by atoms with Crippen molar-refractivity contribution in [2.75, 3.05) is 11.5 Å². The summed E-state index contributed by atoms with van der Waals surface area (Å²) >= 11 is 2.01. The normalized spacial score (nSPS) is 21.3. The van der Waals surface area contributed by atoms with Crippen LogP contribution >= 0.6 is 11.8 Å². The predicted molar refractivity (Wildman–Crippen MR) is 77.2 cm³/mol. The average molecular weight is 259 g/mol. The van der Waals surface area contributed by atoms with Crippen LogP contribution in [-0.4, -0.2) is 16.5 Å². The van der Waals surface area contributed by atoms with E-state index in [4.69, 9.17) is 5.84 Å². The molecule has 1 aromatic heterocycles. The van der Waals surface area contributed by atoms with Crippen LogP contribution in [0.15, 0.2) is 36.7 Å². The van der Waals surface area contributed by atoms with E-state index in [9.17, 15) is 0 Å². The van der Waals surface area contributed by atoms with Gasteiger partial charge in [0.1, 0.15) is 0 Å². The SMILES string of the molecule is NNC(c1cccc2ccncc12)C1CCSC1. The van der Waals surface area contributed by atoms with Crippen molar-refractivity contribution < 1.29 is 0 Å². The molecule has 1 fully saturated rings. The fraction of sp³-hybridized carbons (Fsp3) is 0.357. The Morgan fingerprint density at radius 1 is 1.39 bits per heavy atom. The summed E-state index contributed by atoms with van der Waals surface area (Å²) in [5.41, 5.74) is 4.29.